The van der Waals surface area contributed by atoms with Crippen molar-refractivity contribution in [2.24, 2.45) is 0 Å². The molecule has 2 aromatic rings. The highest BCUT2D eigenvalue weighted by Crippen LogP contribution is 2.46. The molecule has 1 aliphatic rings. The Kier molecular flexibility index (Phi) is 3.77. The first-order chi connectivity index (χ1) is 10.5. The standard InChI is InChI=1S/C18H23N3O/c1-14-6-4-5-7-15(14)12-20(3)17(22)13-21-11-8-16(19-21)18(2)9-10-18/h4-8,11H,9-10,12-13H2,1-3H3. The lowest BCUT2D eigenvalue weighted by atomic mass is 10.1. The summed E-state index contributed by atoms with van der Waals surface area (Å²) in [7, 11) is 1.85. The van der Waals surface area contributed by atoms with Crippen LogP contribution in [0.5, 0.6) is 0 Å². The third-order valence-electron chi connectivity index (χ3n) is 4.65. The molecule has 0 unspecified atom stereocenters. The largest absolute Gasteiger partial charge is 0.340 e. The lowest BCUT2D eigenvalue weighted by molar-refractivity contribution is -0.131. The van der Waals surface area contributed by atoms with Crippen molar-refractivity contribution in [1.29, 1.82) is 0 Å². The van der Waals surface area contributed by atoms with Crippen LogP contribution in [-0.4, -0.2) is 27.6 Å². The maximum absolute atomic E-state index is 12.4. The Hall–Kier alpha value is -2.10. The number of likely N-dealkylation sites (N-methyl/N-ethyl adjacent to an activating group) is 1. The van der Waals surface area contributed by atoms with E-state index in [4.69, 9.17) is 0 Å². The molecule has 0 aliphatic heterocycles. The van der Waals surface area contributed by atoms with Gasteiger partial charge in [0.2, 0.25) is 5.91 Å². The van der Waals surface area contributed by atoms with E-state index >= 15 is 0 Å². The lowest BCUT2D eigenvalue weighted by Gasteiger charge is -2.18. The van der Waals surface area contributed by atoms with Gasteiger partial charge < -0.3 is 4.90 Å². The number of aryl methyl sites for hydroxylation is 1. The van der Waals surface area contributed by atoms with Crippen LogP contribution in [0.3, 0.4) is 0 Å². The van der Waals surface area contributed by atoms with E-state index in [1.54, 1.807) is 9.58 Å². The molecule has 1 fully saturated rings. The van der Waals surface area contributed by atoms with Crippen LogP contribution in [0, 0.1) is 6.92 Å². The number of nitrogens with zero attached hydrogens (tertiary/aromatic N) is 3. The molecule has 1 aromatic heterocycles. The van der Waals surface area contributed by atoms with Gasteiger partial charge in [0, 0.05) is 25.2 Å². The topological polar surface area (TPSA) is 38.1 Å². The minimum atomic E-state index is 0.0823. The predicted molar refractivity (Wildman–Crippen MR) is 86.5 cm³/mol. The number of benzene rings is 1. The van der Waals surface area contributed by atoms with E-state index in [0.29, 0.717) is 13.1 Å². The van der Waals surface area contributed by atoms with Crippen molar-refractivity contribution in [2.75, 3.05) is 7.05 Å². The van der Waals surface area contributed by atoms with E-state index in [0.717, 1.165) is 5.69 Å². The summed E-state index contributed by atoms with van der Waals surface area (Å²) in [6, 6.07) is 10.2. The smallest absolute Gasteiger partial charge is 0.244 e. The Balaban J connectivity index is 1.61. The number of amides is 1. The highest BCUT2D eigenvalue weighted by Gasteiger charge is 2.41. The van der Waals surface area contributed by atoms with Gasteiger partial charge in [-0.2, -0.15) is 5.10 Å². The number of aromatic nitrogens is 2. The number of hydrogen-bond acceptors (Lipinski definition) is 2. The molecule has 1 aromatic carbocycles. The second kappa shape index (κ2) is 5.59. The zero-order valence-electron chi connectivity index (χ0n) is 13.5. The van der Waals surface area contributed by atoms with Gasteiger partial charge in [0.1, 0.15) is 6.54 Å². The average Bonchev–Trinajstić information content (AvgIpc) is 3.06. The first-order valence-electron chi connectivity index (χ1n) is 7.80. The molecule has 1 aliphatic carbocycles. The van der Waals surface area contributed by atoms with Crippen molar-refractivity contribution in [2.45, 2.75) is 45.2 Å². The molecule has 1 heterocycles. The van der Waals surface area contributed by atoms with Crippen LogP contribution in [0.2, 0.25) is 0 Å². The summed E-state index contributed by atoms with van der Waals surface area (Å²) in [5.41, 5.74) is 3.76. The number of hydrogen-bond donors (Lipinski definition) is 0. The molecule has 0 spiro atoms. The van der Waals surface area contributed by atoms with Gasteiger partial charge in [-0.3, -0.25) is 9.48 Å². The van der Waals surface area contributed by atoms with Crippen LogP contribution in [0.15, 0.2) is 36.5 Å². The molecule has 4 heteroatoms. The van der Waals surface area contributed by atoms with Crippen LogP contribution < -0.4 is 0 Å². The summed E-state index contributed by atoms with van der Waals surface area (Å²) < 4.78 is 1.76. The first-order valence-corrected chi connectivity index (χ1v) is 7.80. The fourth-order valence-corrected chi connectivity index (χ4v) is 2.61. The quantitative estimate of drug-likeness (QED) is 0.851. The Labute approximate surface area is 131 Å². The first kappa shape index (κ1) is 14.8. The van der Waals surface area contributed by atoms with Gasteiger partial charge in [-0.05, 0) is 37.0 Å². The van der Waals surface area contributed by atoms with Gasteiger partial charge in [0.05, 0.1) is 5.69 Å². The Morgan fingerprint density at radius 2 is 2.05 bits per heavy atom. The SMILES string of the molecule is Cc1ccccc1CN(C)C(=O)Cn1ccc(C2(C)CC2)n1. The maximum atomic E-state index is 12.4. The molecule has 22 heavy (non-hydrogen) atoms. The molecular formula is C18H23N3O. The second-order valence-corrected chi connectivity index (χ2v) is 6.64. The third kappa shape index (κ3) is 3.06. The third-order valence-corrected chi connectivity index (χ3v) is 4.65. The molecule has 116 valence electrons. The average molecular weight is 297 g/mol. The fraction of sp³-hybridized carbons (Fsp3) is 0.444. The number of rotatable bonds is 5. The molecular weight excluding hydrogens is 274 g/mol. The van der Waals surface area contributed by atoms with Gasteiger partial charge in [-0.15, -0.1) is 0 Å². The molecule has 0 radical (unpaired) electrons. The molecule has 0 bridgehead atoms. The highest BCUT2D eigenvalue weighted by atomic mass is 16.2. The highest BCUT2D eigenvalue weighted by molar-refractivity contribution is 5.75. The Bertz CT molecular complexity index is 685. The molecule has 1 saturated carbocycles. The van der Waals surface area contributed by atoms with Crippen molar-refractivity contribution in [3.05, 3.63) is 53.3 Å². The molecule has 0 saturated heterocycles. The lowest BCUT2D eigenvalue weighted by Crippen LogP contribution is -2.30. The molecule has 0 N–H and O–H groups in total. The van der Waals surface area contributed by atoms with Gasteiger partial charge in [-0.1, -0.05) is 31.2 Å². The van der Waals surface area contributed by atoms with Crippen molar-refractivity contribution >= 4 is 5.91 Å². The van der Waals surface area contributed by atoms with Crippen LogP contribution >= 0.6 is 0 Å². The summed E-state index contributed by atoms with van der Waals surface area (Å²) in [6.45, 7) is 5.24. The van der Waals surface area contributed by atoms with Gasteiger partial charge in [-0.25, -0.2) is 0 Å². The van der Waals surface area contributed by atoms with Crippen LogP contribution in [0.1, 0.15) is 36.6 Å². The molecule has 1 amide bonds. The van der Waals surface area contributed by atoms with E-state index in [1.807, 2.05) is 31.4 Å². The molecule has 3 rings (SSSR count). The van der Waals surface area contributed by atoms with Crippen LogP contribution in [0.4, 0.5) is 0 Å². The van der Waals surface area contributed by atoms with Gasteiger partial charge >= 0.3 is 0 Å². The second-order valence-electron chi connectivity index (χ2n) is 6.64. The molecule has 0 atom stereocenters. The van der Waals surface area contributed by atoms with Gasteiger partial charge in [0.15, 0.2) is 0 Å². The Morgan fingerprint density at radius 1 is 1.32 bits per heavy atom. The van der Waals surface area contributed by atoms with Crippen molar-refractivity contribution < 1.29 is 4.79 Å². The van der Waals surface area contributed by atoms with Crippen molar-refractivity contribution in [3.8, 4) is 0 Å². The van der Waals surface area contributed by atoms with E-state index in [-0.39, 0.29) is 11.3 Å². The zero-order chi connectivity index (χ0) is 15.7. The van der Waals surface area contributed by atoms with Crippen molar-refractivity contribution in [3.63, 3.8) is 0 Å². The number of carbonyl (C=O) groups excluding carboxylic acids is 1. The summed E-state index contributed by atoms with van der Waals surface area (Å²) in [5.74, 6) is 0.0823. The van der Waals surface area contributed by atoms with Crippen molar-refractivity contribution in [1.82, 2.24) is 14.7 Å². The van der Waals surface area contributed by atoms with Crippen LogP contribution in [0.25, 0.3) is 0 Å². The minimum absolute atomic E-state index is 0.0823. The maximum Gasteiger partial charge on any atom is 0.244 e. The van der Waals surface area contributed by atoms with Crippen LogP contribution in [-0.2, 0) is 23.3 Å². The van der Waals surface area contributed by atoms with Gasteiger partial charge in [0.25, 0.3) is 0 Å². The summed E-state index contributed by atoms with van der Waals surface area (Å²) >= 11 is 0. The van der Waals surface area contributed by atoms with E-state index in [1.165, 1.54) is 24.0 Å². The van der Waals surface area contributed by atoms with E-state index < -0.39 is 0 Å². The number of carbonyl (C=O) groups is 1. The summed E-state index contributed by atoms with van der Waals surface area (Å²) in [6.07, 6.45) is 4.31. The normalized spacial score (nSPS) is 15.6. The van der Waals surface area contributed by atoms with E-state index in [2.05, 4.69) is 31.1 Å². The zero-order valence-corrected chi connectivity index (χ0v) is 13.5. The Morgan fingerprint density at radius 3 is 2.73 bits per heavy atom. The predicted octanol–water partition coefficient (Wildman–Crippen LogP) is 2.90. The van der Waals surface area contributed by atoms with E-state index in [9.17, 15) is 4.79 Å². The molecule has 4 nitrogen and oxygen atoms in total. The fourth-order valence-electron chi connectivity index (χ4n) is 2.61. The monoisotopic (exact) mass is 297 g/mol. The summed E-state index contributed by atoms with van der Waals surface area (Å²) in [4.78, 5) is 14.1. The summed E-state index contributed by atoms with van der Waals surface area (Å²) in [5, 5.41) is 4.56. The minimum Gasteiger partial charge on any atom is -0.340 e.